The minimum Gasteiger partial charge on any atom is -0.394 e. The number of aromatic nitrogens is 4. The summed E-state index contributed by atoms with van der Waals surface area (Å²) < 4.78 is 1.51. The Morgan fingerprint density at radius 1 is 1.24 bits per heavy atom. The second-order valence-electron chi connectivity index (χ2n) is 5.55. The lowest BCUT2D eigenvalue weighted by Crippen LogP contribution is -2.30. The maximum atomic E-state index is 12.4. The summed E-state index contributed by atoms with van der Waals surface area (Å²) in [6.07, 6.45) is 5.36. The van der Waals surface area contributed by atoms with Crippen LogP contribution in [-0.2, 0) is 6.42 Å². The van der Waals surface area contributed by atoms with Crippen molar-refractivity contribution in [2.24, 2.45) is 0 Å². The number of pyridine rings is 1. The first-order valence-corrected chi connectivity index (χ1v) is 8.03. The Bertz CT molecular complexity index is 814. The lowest BCUT2D eigenvalue weighted by molar-refractivity contribution is 0.0916. The largest absolute Gasteiger partial charge is 0.394 e. The van der Waals surface area contributed by atoms with Crippen molar-refractivity contribution < 1.29 is 9.90 Å². The van der Waals surface area contributed by atoms with Gasteiger partial charge in [0, 0.05) is 6.20 Å². The summed E-state index contributed by atoms with van der Waals surface area (Å²) >= 11 is 0. The standard InChI is InChI=1S/C18H19N5O2/c1-2-13-3-5-14(6-4-13)16(10-24)22-18(25)15-7-8-17(20-9-15)23-12-19-11-21-23/h3-9,11-12,16,24H,2,10H2,1H3,(H,22,25). The summed E-state index contributed by atoms with van der Waals surface area (Å²) in [5.74, 6) is 0.277. The lowest BCUT2D eigenvalue weighted by Gasteiger charge is -2.17. The molecule has 7 nitrogen and oxygen atoms in total. The number of carbonyl (C=O) groups is 1. The fraction of sp³-hybridized carbons (Fsp3) is 0.222. The highest BCUT2D eigenvalue weighted by Crippen LogP contribution is 2.15. The van der Waals surface area contributed by atoms with Gasteiger partial charge in [0.05, 0.1) is 18.2 Å². The molecular formula is C18H19N5O2. The summed E-state index contributed by atoms with van der Waals surface area (Å²) in [5, 5.41) is 16.4. The number of rotatable bonds is 6. The zero-order valence-corrected chi connectivity index (χ0v) is 13.8. The van der Waals surface area contributed by atoms with Crippen molar-refractivity contribution in [1.29, 1.82) is 0 Å². The molecule has 0 fully saturated rings. The van der Waals surface area contributed by atoms with Crippen LogP contribution in [-0.4, -0.2) is 37.4 Å². The molecule has 0 radical (unpaired) electrons. The highest BCUT2D eigenvalue weighted by Gasteiger charge is 2.15. The van der Waals surface area contributed by atoms with Gasteiger partial charge in [-0.2, -0.15) is 5.10 Å². The van der Waals surface area contributed by atoms with Crippen LogP contribution < -0.4 is 5.32 Å². The fourth-order valence-corrected chi connectivity index (χ4v) is 2.44. The molecule has 0 aliphatic rings. The number of benzene rings is 1. The molecule has 128 valence electrons. The Morgan fingerprint density at radius 2 is 2.04 bits per heavy atom. The van der Waals surface area contributed by atoms with E-state index in [4.69, 9.17) is 0 Å². The molecule has 1 amide bonds. The fourth-order valence-electron chi connectivity index (χ4n) is 2.44. The van der Waals surface area contributed by atoms with Crippen molar-refractivity contribution in [3.8, 4) is 5.82 Å². The molecule has 2 heterocycles. The highest BCUT2D eigenvalue weighted by molar-refractivity contribution is 5.94. The molecule has 0 spiro atoms. The van der Waals surface area contributed by atoms with Crippen LogP contribution in [0.25, 0.3) is 5.82 Å². The third kappa shape index (κ3) is 3.89. The first kappa shape index (κ1) is 16.8. The molecule has 1 aromatic carbocycles. The number of nitrogens with zero attached hydrogens (tertiary/aromatic N) is 4. The van der Waals surface area contributed by atoms with Crippen LogP contribution in [0.2, 0.25) is 0 Å². The van der Waals surface area contributed by atoms with Gasteiger partial charge >= 0.3 is 0 Å². The Balaban J connectivity index is 1.71. The molecule has 3 aromatic rings. The number of amides is 1. The number of hydrogen-bond acceptors (Lipinski definition) is 5. The van der Waals surface area contributed by atoms with Gasteiger partial charge in [0.1, 0.15) is 12.7 Å². The van der Waals surface area contributed by atoms with Crippen LogP contribution in [0.4, 0.5) is 0 Å². The summed E-state index contributed by atoms with van der Waals surface area (Å²) in [6, 6.07) is 10.7. The normalized spacial score (nSPS) is 11.9. The minimum absolute atomic E-state index is 0.179. The first-order valence-electron chi connectivity index (χ1n) is 8.03. The molecule has 0 saturated heterocycles. The van der Waals surface area contributed by atoms with E-state index in [1.165, 1.54) is 29.1 Å². The van der Waals surface area contributed by atoms with Gasteiger partial charge in [-0.1, -0.05) is 31.2 Å². The summed E-state index contributed by atoms with van der Waals surface area (Å²) in [7, 11) is 0. The SMILES string of the molecule is CCc1ccc(C(CO)NC(=O)c2ccc(-n3cncn3)nc2)cc1. The molecule has 0 bridgehead atoms. The van der Waals surface area contributed by atoms with E-state index in [1.54, 1.807) is 12.1 Å². The number of aliphatic hydroxyl groups excluding tert-OH is 1. The van der Waals surface area contributed by atoms with Crippen LogP contribution in [0, 0.1) is 0 Å². The number of hydrogen-bond donors (Lipinski definition) is 2. The maximum Gasteiger partial charge on any atom is 0.253 e. The maximum absolute atomic E-state index is 12.4. The van der Waals surface area contributed by atoms with Crippen LogP contribution in [0.1, 0.15) is 34.5 Å². The van der Waals surface area contributed by atoms with Crippen LogP contribution in [0.5, 0.6) is 0 Å². The Labute approximate surface area is 145 Å². The quantitative estimate of drug-likeness (QED) is 0.714. The average Bonchev–Trinajstić information content (AvgIpc) is 3.21. The third-order valence-corrected chi connectivity index (χ3v) is 3.94. The summed E-state index contributed by atoms with van der Waals surface area (Å²) in [4.78, 5) is 20.5. The zero-order valence-electron chi connectivity index (χ0n) is 13.8. The molecule has 0 saturated carbocycles. The van der Waals surface area contributed by atoms with E-state index < -0.39 is 6.04 Å². The van der Waals surface area contributed by atoms with Gasteiger partial charge in [0.15, 0.2) is 5.82 Å². The van der Waals surface area contributed by atoms with E-state index in [1.807, 2.05) is 24.3 Å². The van der Waals surface area contributed by atoms with Crippen LogP contribution in [0.15, 0.2) is 55.2 Å². The Kier molecular flexibility index (Phi) is 5.15. The second-order valence-corrected chi connectivity index (χ2v) is 5.55. The summed E-state index contributed by atoms with van der Waals surface area (Å²) in [5.41, 5.74) is 2.48. The number of carbonyl (C=O) groups excluding carboxylic acids is 1. The molecule has 3 rings (SSSR count). The topological polar surface area (TPSA) is 92.9 Å². The predicted octanol–water partition coefficient (Wildman–Crippen LogP) is 1.69. The van der Waals surface area contributed by atoms with Gasteiger partial charge in [-0.15, -0.1) is 0 Å². The number of aryl methyl sites for hydroxylation is 1. The van der Waals surface area contributed by atoms with Gasteiger partial charge in [0.25, 0.3) is 5.91 Å². The van der Waals surface area contributed by atoms with E-state index in [-0.39, 0.29) is 12.5 Å². The molecule has 0 aliphatic carbocycles. The van der Waals surface area contributed by atoms with Crippen molar-refractivity contribution in [2.45, 2.75) is 19.4 Å². The second kappa shape index (κ2) is 7.67. The van der Waals surface area contributed by atoms with E-state index >= 15 is 0 Å². The molecular weight excluding hydrogens is 318 g/mol. The number of aliphatic hydroxyl groups is 1. The summed E-state index contributed by atoms with van der Waals surface area (Å²) in [6.45, 7) is 1.90. The molecule has 1 atom stereocenters. The molecule has 0 aliphatic heterocycles. The molecule has 1 unspecified atom stereocenters. The molecule has 2 N–H and O–H groups in total. The van der Waals surface area contributed by atoms with E-state index in [0.717, 1.165) is 12.0 Å². The monoisotopic (exact) mass is 337 g/mol. The van der Waals surface area contributed by atoms with Crippen molar-refractivity contribution in [3.05, 3.63) is 71.9 Å². The zero-order chi connectivity index (χ0) is 17.6. The molecule has 25 heavy (non-hydrogen) atoms. The molecule has 2 aromatic heterocycles. The van der Waals surface area contributed by atoms with E-state index in [2.05, 4.69) is 27.3 Å². The van der Waals surface area contributed by atoms with E-state index in [0.29, 0.717) is 11.4 Å². The van der Waals surface area contributed by atoms with Crippen molar-refractivity contribution in [2.75, 3.05) is 6.61 Å². The van der Waals surface area contributed by atoms with Crippen molar-refractivity contribution >= 4 is 5.91 Å². The Hall–Kier alpha value is -3.06. The molecule has 7 heteroatoms. The van der Waals surface area contributed by atoms with Crippen molar-refractivity contribution in [1.82, 2.24) is 25.1 Å². The highest BCUT2D eigenvalue weighted by atomic mass is 16.3. The average molecular weight is 337 g/mol. The lowest BCUT2D eigenvalue weighted by atomic mass is 10.0. The van der Waals surface area contributed by atoms with Crippen molar-refractivity contribution in [3.63, 3.8) is 0 Å². The number of nitrogens with one attached hydrogen (secondary N) is 1. The smallest absolute Gasteiger partial charge is 0.253 e. The predicted molar refractivity (Wildman–Crippen MR) is 92.3 cm³/mol. The van der Waals surface area contributed by atoms with E-state index in [9.17, 15) is 9.90 Å². The van der Waals surface area contributed by atoms with Crippen LogP contribution >= 0.6 is 0 Å². The van der Waals surface area contributed by atoms with Crippen LogP contribution in [0.3, 0.4) is 0 Å². The van der Waals surface area contributed by atoms with Gasteiger partial charge in [0.2, 0.25) is 0 Å². The first-order chi connectivity index (χ1) is 12.2. The Morgan fingerprint density at radius 3 is 2.60 bits per heavy atom. The minimum atomic E-state index is -0.464. The third-order valence-electron chi connectivity index (χ3n) is 3.94. The van der Waals surface area contributed by atoms with Gasteiger partial charge < -0.3 is 10.4 Å². The van der Waals surface area contributed by atoms with Gasteiger partial charge in [-0.25, -0.2) is 14.6 Å². The van der Waals surface area contributed by atoms with Gasteiger partial charge in [-0.05, 0) is 29.7 Å². The van der Waals surface area contributed by atoms with Gasteiger partial charge in [-0.3, -0.25) is 4.79 Å².